The van der Waals surface area contributed by atoms with E-state index in [0.717, 1.165) is 6.07 Å². The van der Waals surface area contributed by atoms with E-state index in [0.29, 0.717) is 5.76 Å². The second kappa shape index (κ2) is 9.37. The molecule has 1 aromatic heterocycles. The molecule has 0 unspecified atom stereocenters. The van der Waals surface area contributed by atoms with Gasteiger partial charge in [0.1, 0.15) is 64.3 Å². The first-order valence-corrected chi connectivity index (χ1v) is 10.4. The van der Waals surface area contributed by atoms with Crippen LogP contribution in [0.5, 0.6) is 11.5 Å². The molecule has 0 saturated carbocycles. The molecule has 0 bridgehead atoms. The third-order valence-corrected chi connectivity index (χ3v) is 5.83. The fraction of sp³-hybridized carbons (Fsp3) is 0.571. The number of phenolic OH excluding ortho intramolecular Hbond substituents is 1. The van der Waals surface area contributed by atoms with Crippen molar-refractivity contribution in [3.8, 4) is 11.5 Å². The molecule has 2 aliphatic rings. The van der Waals surface area contributed by atoms with Gasteiger partial charge in [-0.2, -0.15) is 0 Å². The minimum absolute atomic E-state index is 0.0227. The highest BCUT2D eigenvalue weighted by Crippen LogP contribution is 2.32. The Hall–Kier alpha value is -2.33. The monoisotopic (exact) mass is 486 g/mol. The van der Waals surface area contributed by atoms with Crippen molar-refractivity contribution in [2.75, 3.05) is 19.8 Å². The topological polar surface area (TPSA) is 209 Å². The molecule has 3 heterocycles. The van der Waals surface area contributed by atoms with Crippen LogP contribution in [-0.2, 0) is 14.2 Å². The third-order valence-electron chi connectivity index (χ3n) is 5.83. The van der Waals surface area contributed by atoms with Crippen molar-refractivity contribution in [2.45, 2.75) is 55.6 Å². The summed E-state index contributed by atoms with van der Waals surface area (Å²) in [6, 6.07) is 3.61. The molecule has 2 aliphatic heterocycles. The molecule has 0 spiro atoms. The number of aliphatic hydroxyl groups excluding tert-OH is 5. The van der Waals surface area contributed by atoms with E-state index in [1.165, 1.54) is 12.1 Å². The number of aromatic hydroxyl groups is 1. The van der Waals surface area contributed by atoms with Crippen LogP contribution in [0.4, 0.5) is 0 Å². The fourth-order valence-electron chi connectivity index (χ4n) is 3.84. The van der Waals surface area contributed by atoms with E-state index in [9.17, 15) is 40.5 Å². The van der Waals surface area contributed by atoms with Crippen molar-refractivity contribution in [1.29, 1.82) is 0 Å². The van der Waals surface area contributed by atoms with Crippen molar-refractivity contribution < 1.29 is 59.1 Å². The summed E-state index contributed by atoms with van der Waals surface area (Å²) in [6.07, 6.45) is -10.8. The number of aryl methyl sites for hydroxylation is 1. The summed E-state index contributed by atoms with van der Waals surface area (Å²) in [4.78, 5) is 12.1. The molecule has 0 radical (unpaired) electrons. The van der Waals surface area contributed by atoms with Gasteiger partial charge < -0.3 is 59.1 Å². The summed E-state index contributed by atoms with van der Waals surface area (Å²) in [5.41, 5.74) is -2.35. The van der Waals surface area contributed by atoms with Gasteiger partial charge in [0.2, 0.25) is 6.29 Å². The quantitative estimate of drug-likeness (QED) is 0.225. The highest BCUT2D eigenvalue weighted by atomic mass is 16.7. The maximum Gasteiger partial charge on any atom is 0.229 e. The van der Waals surface area contributed by atoms with Crippen molar-refractivity contribution >= 4 is 11.0 Å². The SMILES string of the molecule is Cc1cc(=O)c2c(O)cc(O[C@@H]3O[C@H](CO[C@@H]4OC[C@](O)(CO)[C@H]4O)[C@@H](O)[C@H](O)[C@H]3O)cc2o1. The molecule has 2 saturated heterocycles. The molecule has 34 heavy (non-hydrogen) atoms. The smallest absolute Gasteiger partial charge is 0.229 e. The summed E-state index contributed by atoms with van der Waals surface area (Å²) < 4.78 is 27.0. The Bertz CT molecular complexity index is 1090. The van der Waals surface area contributed by atoms with Crippen molar-refractivity contribution in [1.82, 2.24) is 0 Å². The Labute approximate surface area is 191 Å². The van der Waals surface area contributed by atoms with E-state index >= 15 is 0 Å². The summed E-state index contributed by atoms with van der Waals surface area (Å²) in [7, 11) is 0. The number of hydrogen-bond donors (Lipinski definition) is 7. The number of rotatable bonds is 6. The average molecular weight is 486 g/mol. The number of hydrogen-bond acceptors (Lipinski definition) is 13. The lowest BCUT2D eigenvalue weighted by atomic mass is 9.99. The molecule has 0 aliphatic carbocycles. The van der Waals surface area contributed by atoms with Gasteiger partial charge in [0.05, 0.1) is 19.8 Å². The van der Waals surface area contributed by atoms with Gasteiger partial charge in [-0.05, 0) is 6.92 Å². The molecule has 2 aromatic rings. The van der Waals surface area contributed by atoms with Gasteiger partial charge in [-0.25, -0.2) is 0 Å². The summed E-state index contributed by atoms with van der Waals surface area (Å²) in [5, 5.41) is 70.3. The Kier molecular flexibility index (Phi) is 6.83. The Morgan fingerprint density at radius 3 is 2.50 bits per heavy atom. The van der Waals surface area contributed by atoms with Crippen LogP contribution in [0.3, 0.4) is 0 Å². The van der Waals surface area contributed by atoms with Crippen molar-refractivity contribution in [3.63, 3.8) is 0 Å². The molecule has 7 N–H and O–H groups in total. The van der Waals surface area contributed by atoms with Crippen LogP contribution in [-0.4, -0.2) is 104 Å². The number of benzene rings is 1. The zero-order chi connectivity index (χ0) is 24.8. The lowest BCUT2D eigenvalue weighted by molar-refractivity contribution is -0.289. The van der Waals surface area contributed by atoms with E-state index in [4.69, 9.17) is 23.4 Å². The number of phenols is 1. The zero-order valence-corrected chi connectivity index (χ0v) is 18.0. The summed E-state index contributed by atoms with van der Waals surface area (Å²) in [6.45, 7) is -0.0631. The molecule has 188 valence electrons. The first-order valence-electron chi connectivity index (χ1n) is 10.4. The predicted molar refractivity (Wildman–Crippen MR) is 110 cm³/mol. The molecule has 13 nitrogen and oxygen atoms in total. The minimum Gasteiger partial charge on any atom is -0.507 e. The lowest BCUT2D eigenvalue weighted by Gasteiger charge is -2.40. The maximum absolute atomic E-state index is 12.1. The van der Waals surface area contributed by atoms with E-state index in [1.54, 1.807) is 6.92 Å². The van der Waals surface area contributed by atoms with Gasteiger partial charge in [-0.1, -0.05) is 0 Å². The molecule has 8 atom stereocenters. The second-order valence-electron chi connectivity index (χ2n) is 8.39. The molecular formula is C21H26O13. The van der Waals surface area contributed by atoms with Crippen LogP contribution < -0.4 is 10.2 Å². The van der Waals surface area contributed by atoms with Crippen LogP contribution in [0.25, 0.3) is 11.0 Å². The van der Waals surface area contributed by atoms with Gasteiger partial charge in [0.25, 0.3) is 0 Å². The third kappa shape index (κ3) is 4.49. The fourth-order valence-corrected chi connectivity index (χ4v) is 3.84. The number of ether oxygens (including phenoxy) is 4. The molecule has 4 rings (SSSR count). The normalized spacial score (nSPS) is 36.1. The van der Waals surface area contributed by atoms with Crippen LogP contribution in [0, 0.1) is 6.92 Å². The second-order valence-corrected chi connectivity index (χ2v) is 8.39. The van der Waals surface area contributed by atoms with Crippen LogP contribution in [0.1, 0.15) is 5.76 Å². The molecule has 13 heteroatoms. The van der Waals surface area contributed by atoms with E-state index in [1.807, 2.05) is 0 Å². The summed E-state index contributed by atoms with van der Waals surface area (Å²) in [5.74, 6) is -0.201. The van der Waals surface area contributed by atoms with E-state index in [2.05, 4.69) is 0 Å². The summed E-state index contributed by atoms with van der Waals surface area (Å²) >= 11 is 0. The standard InChI is InChI=1S/C21H26O13/c1-8-2-10(23)14-11(24)3-9(4-12(14)32-8)33-19-17(27)16(26)15(25)13(34-19)5-30-20-18(28)21(29,6-22)7-31-20/h2-4,13,15-20,22,24-29H,5-7H2,1H3/t13-,15-,16+,17-,18+,19-,20-,21-/m1/s1. The first-order chi connectivity index (χ1) is 16.0. The largest absolute Gasteiger partial charge is 0.507 e. The highest BCUT2D eigenvalue weighted by molar-refractivity contribution is 5.84. The van der Waals surface area contributed by atoms with Crippen LogP contribution >= 0.6 is 0 Å². The number of aliphatic hydroxyl groups is 6. The van der Waals surface area contributed by atoms with Gasteiger partial charge in [-0.3, -0.25) is 4.79 Å². The van der Waals surface area contributed by atoms with Crippen LogP contribution in [0.2, 0.25) is 0 Å². The number of fused-ring (bicyclic) bond motifs is 1. The van der Waals surface area contributed by atoms with Gasteiger partial charge >= 0.3 is 0 Å². The van der Waals surface area contributed by atoms with Gasteiger partial charge in [-0.15, -0.1) is 0 Å². The molecule has 0 amide bonds. The van der Waals surface area contributed by atoms with Gasteiger partial charge in [0, 0.05) is 18.2 Å². The van der Waals surface area contributed by atoms with Crippen LogP contribution in [0.15, 0.2) is 27.4 Å². The maximum atomic E-state index is 12.1. The molecule has 2 fully saturated rings. The molecule has 1 aromatic carbocycles. The Morgan fingerprint density at radius 2 is 1.82 bits per heavy atom. The predicted octanol–water partition coefficient (Wildman–Crippen LogP) is -2.55. The Morgan fingerprint density at radius 1 is 1.09 bits per heavy atom. The van der Waals surface area contributed by atoms with E-state index in [-0.39, 0.29) is 16.7 Å². The zero-order valence-electron chi connectivity index (χ0n) is 18.0. The minimum atomic E-state index is -1.91. The first kappa shape index (κ1) is 24.8. The highest BCUT2D eigenvalue weighted by Gasteiger charge is 2.50. The average Bonchev–Trinajstić information content (AvgIpc) is 3.07. The Balaban J connectivity index is 1.49. The lowest BCUT2D eigenvalue weighted by Crippen LogP contribution is -2.60. The van der Waals surface area contributed by atoms with E-state index < -0.39 is 79.7 Å². The van der Waals surface area contributed by atoms with Crippen molar-refractivity contribution in [3.05, 3.63) is 34.2 Å². The van der Waals surface area contributed by atoms with Gasteiger partial charge in [0.15, 0.2) is 11.7 Å². The van der Waals surface area contributed by atoms with Crippen molar-refractivity contribution in [2.24, 2.45) is 0 Å². The molecular weight excluding hydrogens is 460 g/mol.